The van der Waals surface area contributed by atoms with Crippen molar-refractivity contribution in [2.45, 2.75) is 58.3 Å². The zero-order chi connectivity index (χ0) is 46.1. The van der Waals surface area contributed by atoms with Crippen molar-refractivity contribution in [3.8, 4) is 0 Å². The molecular formula is C54H67N7O4. The number of nitrogens with zero attached hydrogens (tertiary/aromatic N) is 3. The number of hydrogen-bond acceptors (Lipinski definition) is 7. The summed E-state index contributed by atoms with van der Waals surface area (Å²) in [5.41, 5.74) is 5.00. The molecule has 0 saturated carbocycles. The number of carbonyl (C=O) groups is 4. The van der Waals surface area contributed by atoms with E-state index >= 15 is 0 Å². The van der Waals surface area contributed by atoms with Gasteiger partial charge in [0, 0.05) is 80.9 Å². The van der Waals surface area contributed by atoms with Gasteiger partial charge >= 0.3 is 0 Å². The summed E-state index contributed by atoms with van der Waals surface area (Å²) < 4.78 is 0. The van der Waals surface area contributed by atoms with Crippen LogP contribution in [0.5, 0.6) is 0 Å². The molecule has 0 bridgehead atoms. The zero-order valence-corrected chi connectivity index (χ0v) is 38.4. The van der Waals surface area contributed by atoms with Crippen LogP contribution >= 0.6 is 0 Å². The summed E-state index contributed by atoms with van der Waals surface area (Å²) in [5, 5.41) is 12.2. The third kappa shape index (κ3) is 16.8. The lowest BCUT2D eigenvalue weighted by Crippen LogP contribution is -2.48. The first kappa shape index (κ1) is 49.5. The molecule has 3 aromatic carbocycles. The summed E-state index contributed by atoms with van der Waals surface area (Å²) >= 11 is 0. The topological polar surface area (TPSA) is 126 Å². The fourth-order valence-corrected chi connectivity index (χ4v) is 7.23. The van der Waals surface area contributed by atoms with Gasteiger partial charge in [0.1, 0.15) is 0 Å². The number of amides is 4. The molecule has 0 radical (unpaired) electrons. The van der Waals surface area contributed by atoms with Crippen molar-refractivity contribution in [3.63, 3.8) is 0 Å². The van der Waals surface area contributed by atoms with E-state index in [0.29, 0.717) is 54.0 Å². The molecule has 0 unspecified atom stereocenters. The summed E-state index contributed by atoms with van der Waals surface area (Å²) in [6, 6.07) is 22.4. The molecule has 0 atom stereocenters. The van der Waals surface area contributed by atoms with Crippen LogP contribution in [0.15, 0.2) is 146 Å². The summed E-state index contributed by atoms with van der Waals surface area (Å²) in [6.45, 7) is 6.73. The second-order valence-corrected chi connectivity index (χ2v) is 16.1. The van der Waals surface area contributed by atoms with E-state index in [9.17, 15) is 19.2 Å². The van der Waals surface area contributed by atoms with Gasteiger partial charge in [0.25, 0.3) is 11.8 Å². The van der Waals surface area contributed by atoms with E-state index < -0.39 is 0 Å². The van der Waals surface area contributed by atoms with Crippen molar-refractivity contribution >= 4 is 52.0 Å². The minimum atomic E-state index is -0.305. The summed E-state index contributed by atoms with van der Waals surface area (Å²) in [5.74, 6) is -0.636. The van der Waals surface area contributed by atoms with Crippen LogP contribution in [0.3, 0.4) is 0 Å². The van der Waals surface area contributed by atoms with Crippen LogP contribution in [0.2, 0.25) is 0 Å². The average molecular weight is 878 g/mol. The molecule has 0 aromatic heterocycles. The zero-order valence-electron chi connectivity index (χ0n) is 38.4. The van der Waals surface area contributed by atoms with Gasteiger partial charge in [0.2, 0.25) is 11.8 Å². The molecule has 2 aliphatic rings. The Morgan fingerprint density at radius 2 is 1.28 bits per heavy atom. The SMILES string of the molecule is CC/C=C\C/C=C\C/C=C\C/C=C\C/C=C\C/C=C\CCC(=O)NCCNC(=O)c1ccc2c(c1)NC(=O)/C2=C(\Nc1ccc(N(C)C(=O)CN2CCN(C)CC2)cc1)c1ccccc1. The molecule has 4 N–H and O–H groups in total. The smallest absolute Gasteiger partial charge is 0.258 e. The Morgan fingerprint density at radius 3 is 1.89 bits per heavy atom. The average Bonchev–Trinajstić information content (AvgIpc) is 3.65. The van der Waals surface area contributed by atoms with Crippen LogP contribution in [0, 0.1) is 0 Å². The molecule has 342 valence electrons. The van der Waals surface area contributed by atoms with Crippen molar-refractivity contribution in [1.29, 1.82) is 0 Å². The number of hydrogen-bond donors (Lipinski definition) is 4. The van der Waals surface area contributed by atoms with Crippen LogP contribution in [0.25, 0.3) is 11.3 Å². The van der Waals surface area contributed by atoms with Crippen LogP contribution in [0.4, 0.5) is 17.1 Å². The minimum Gasteiger partial charge on any atom is -0.354 e. The molecule has 1 fully saturated rings. The predicted molar refractivity (Wildman–Crippen MR) is 269 cm³/mol. The molecule has 4 amide bonds. The molecule has 65 heavy (non-hydrogen) atoms. The van der Waals surface area contributed by atoms with Crippen molar-refractivity contribution in [2.75, 3.05) is 75.4 Å². The summed E-state index contributed by atoms with van der Waals surface area (Å²) in [6.07, 6.45) is 32.6. The van der Waals surface area contributed by atoms with Gasteiger partial charge in [-0.15, -0.1) is 0 Å². The number of carbonyl (C=O) groups excluding carboxylic acids is 4. The highest BCUT2D eigenvalue weighted by atomic mass is 16.2. The Labute approximate surface area is 386 Å². The molecule has 5 rings (SSSR count). The summed E-state index contributed by atoms with van der Waals surface area (Å²) in [4.78, 5) is 58.4. The molecule has 2 aliphatic heterocycles. The number of likely N-dealkylation sites (N-methyl/N-ethyl adjacent to an activating group) is 2. The Morgan fingerprint density at radius 1 is 0.692 bits per heavy atom. The van der Waals surface area contributed by atoms with Gasteiger partial charge in [0.05, 0.1) is 17.8 Å². The van der Waals surface area contributed by atoms with Crippen molar-refractivity contribution in [3.05, 3.63) is 162 Å². The van der Waals surface area contributed by atoms with Crippen LogP contribution < -0.4 is 26.2 Å². The Kier molecular flexibility index (Phi) is 21.0. The third-order valence-electron chi connectivity index (χ3n) is 11.1. The number of rotatable bonds is 24. The standard InChI is InChI=1S/C54H67N7O4/c1-4-5-6-7-8-9-10-11-12-13-14-15-16-17-18-19-20-21-25-28-49(62)55-35-36-56-53(64)44-29-34-47-48(41-44)58-54(65)51(47)52(43-26-23-22-24-27-43)57-45-30-32-46(33-31-45)60(3)50(63)42-61-39-37-59(2)38-40-61/h5-6,8-9,11-12,14-15,17-18,20-24,26-27,29-34,41,57H,4,7,10,13,16,19,25,28,35-40,42H2,1-3H3,(H,55,62)(H,56,64)(H,58,65)/b6-5-,9-8-,12-11-,15-14-,18-17-,21-20-,52-51-. The van der Waals surface area contributed by atoms with E-state index in [2.05, 4.69) is 112 Å². The third-order valence-corrected chi connectivity index (χ3v) is 11.1. The molecule has 0 spiro atoms. The predicted octanol–water partition coefficient (Wildman–Crippen LogP) is 9.15. The Hall–Kier alpha value is -6.56. The highest BCUT2D eigenvalue weighted by molar-refractivity contribution is 6.37. The normalized spacial score (nSPS) is 15.5. The molecule has 2 heterocycles. The Balaban J connectivity index is 1.04. The number of fused-ring (bicyclic) bond motifs is 1. The largest absolute Gasteiger partial charge is 0.354 e. The first-order valence-electron chi connectivity index (χ1n) is 23.0. The number of anilines is 3. The quantitative estimate of drug-likeness (QED) is 0.0402. The van der Waals surface area contributed by atoms with E-state index in [-0.39, 0.29) is 30.2 Å². The monoisotopic (exact) mass is 878 g/mol. The number of benzene rings is 3. The molecule has 11 heteroatoms. The van der Waals surface area contributed by atoms with E-state index in [1.807, 2.05) is 60.7 Å². The van der Waals surface area contributed by atoms with E-state index in [1.165, 1.54) is 0 Å². The summed E-state index contributed by atoms with van der Waals surface area (Å²) in [7, 11) is 3.89. The van der Waals surface area contributed by atoms with Gasteiger partial charge < -0.3 is 31.1 Å². The van der Waals surface area contributed by atoms with Gasteiger partial charge in [-0.3, -0.25) is 24.1 Å². The fourth-order valence-electron chi connectivity index (χ4n) is 7.23. The van der Waals surface area contributed by atoms with E-state index in [4.69, 9.17) is 0 Å². The van der Waals surface area contributed by atoms with Crippen LogP contribution in [-0.2, 0) is 14.4 Å². The maximum absolute atomic E-state index is 13.6. The van der Waals surface area contributed by atoms with Crippen molar-refractivity contribution in [1.82, 2.24) is 20.4 Å². The maximum atomic E-state index is 13.6. The lowest BCUT2D eigenvalue weighted by molar-refractivity contribution is -0.121. The second kappa shape index (κ2) is 27.6. The van der Waals surface area contributed by atoms with Gasteiger partial charge in [-0.25, -0.2) is 0 Å². The number of nitrogens with one attached hydrogen (secondary N) is 4. The molecule has 0 aliphatic carbocycles. The van der Waals surface area contributed by atoms with Crippen LogP contribution in [-0.4, -0.2) is 93.3 Å². The molecule has 11 nitrogen and oxygen atoms in total. The van der Waals surface area contributed by atoms with Gasteiger partial charge in [-0.1, -0.05) is 116 Å². The number of piperazine rings is 1. The lowest BCUT2D eigenvalue weighted by atomic mass is 9.99. The van der Waals surface area contributed by atoms with Crippen LogP contribution in [0.1, 0.15) is 79.8 Å². The first-order chi connectivity index (χ1) is 31.7. The first-order valence-corrected chi connectivity index (χ1v) is 23.0. The van der Waals surface area contributed by atoms with Crippen molar-refractivity contribution in [2.24, 2.45) is 0 Å². The van der Waals surface area contributed by atoms with Gasteiger partial charge in [-0.05, 0) is 94.0 Å². The van der Waals surface area contributed by atoms with E-state index in [1.54, 1.807) is 30.1 Å². The highest BCUT2D eigenvalue weighted by Gasteiger charge is 2.29. The molecule has 3 aromatic rings. The maximum Gasteiger partial charge on any atom is 0.258 e. The highest BCUT2D eigenvalue weighted by Crippen LogP contribution is 2.38. The van der Waals surface area contributed by atoms with Crippen molar-refractivity contribution < 1.29 is 19.2 Å². The minimum absolute atomic E-state index is 0.0322. The molecular weight excluding hydrogens is 811 g/mol. The lowest BCUT2D eigenvalue weighted by Gasteiger charge is -2.32. The second-order valence-electron chi connectivity index (χ2n) is 16.1. The fraction of sp³-hybridized carbons (Fsp3) is 0.333. The Bertz CT molecular complexity index is 2230. The van der Waals surface area contributed by atoms with Gasteiger partial charge in [-0.2, -0.15) is 0 Å². The molecule has 1 saturated heterocycles. The number of allylic oxidation sites excluding steroid dienone is 12. The van der Waals surface area contributed by atoms with E-state index in [0.717, 1.165) is 81.6 Å². The van der Waals surface area contributed by atoms with Gasteiger partial charge in [0.15, 0.2) is 0 Å².